The van der Waals surface area contributed by atoms with Crippen LogP contribution in [0.2, 0.25) is 5.02 Å². The lowest BCUT2D eigenvalue weighted by Gasteiger charge is -2.49. The molecule has 3 aliphatic heterocycles. The number of hydrogen-bond donors (Lipinski definition) is 8. The number of hydrogen-bond acceptors (Lipinski definition) is 14. The minimum Gasteiger partial charge on any atom is -0.387 e. The van der Waals surface area contributed by atoms with E-state index in [0.29, 0.717) is 33.9 Å². The predicted octanol–water partition coefficient (Wildman–Crippen LogP) is 6.03. The number of carbonyl (C=O) groups is 5. The van der Waals surface area contributed by atoms with Crippen molar-refractivity contribution in [2.24, 2.45) is 23.7 Å². The molecule has 0 aromatic heterocycles. The van der Waals surface area contributed by atoms with Crippen LogP contribution < -0.4 is 26.6 Å². The van der Waals surface area contributed by atoms with Gasteiger partial charge < -0.3 is 75.4 Å². The molecule has 3 aliphatic rings. The SMILES string of the molecule is CO[C@]1(C)C[C@H](O[C@H]2[C@H](C)[C@@H](O[C@@H]3O[C@H](C)C[C@H](N(C)C)[C@H]3O)[C@](C)(O)C[C@@H](C)CN(C)C(=O)C[C@@H](Cc3ccc(NC(=O)[C@H](Cc4ccccc4Cl)NC(=O)Nc4ccc(F)cc4)cc3)NC(=O)[C@H](C(C)C)NC(=O)[C@@H]2C)O[C@@H](C)[C@@H]1O. The van der Waals surface area contributed by atoms with Crippen LogP contribution in [0.4, 0.5) is 20.6 Å². The van der Waals surface area contributed by atoms with E-state index >= 15 is 0 Å². The van der Waals surface area contributed by atoms with E-state index in [2.05, 4.69) is 26.6 Å². The molecule has 0 bridgehead atoms. The summed E-state index contributed by atoms with van der Waals surface area (Å²) in [4.78, 5) is 74.5. The van der Waals surface area contributed by atoms with Crippen LogP contribution in [0, 0.1) is 29.5 Å². The number of aliphatic hydroxyl groups is 3. The number of nitrogens with zero attached hydrogens (tertiary/aromatic N) is 2. The zero-order valence-corrected chi connectivity index (χ0v) is 50.9. The van der Waals surface area contributed by atoms with Gasteiger partial charge in [0, 0.05) is 74.4 Å². The van der Waals surface area contributed by atoms with Gasteiger partial charge >= 0.3 is 6.03 Å². The summed E-state index contributed by atoms with van der Waals surface area (Å²) in [6.07, 6.45) is -7.05. The average molecular weight is 1180 g/mol. The number of rotatable bonds is 15. The van der Waals surface area contributed by atoms with Gasteiger partial charge in [-0.2, -0.15) is 0 Å². The summed E-state index contributed by atoms with van der Waals surface area (Å²) in [6, 6.07) is 14.8. The number of benzene rings is 3. The fourth-order valence-electron chi connectivity index (χ4n) is 11.7. The van der Waals surface area contributed by atoms with Gasteiger partial charge in [0.25, 0.3) is 0 Å². The second kappa shape index (κ2) is 29.2. The maximum atomic E-state index is 14.9. The quantitative estimate of drug-likeness (QED) is 0.0865. The van der Waals surface area contributed by atoms with Crippen molar-refractivity contribution >= 4 is 52.6 Å². The van der Waals surface area contributed by atoms with E-state index in [9.17, 15) is 43.7 Å². The summed E-state index contributed by atoms with van der Waals surface area (Å²) in [5.41, 5.74) is -0.826. The van der Waals surface area contributed by atoms with Crippen molar-refractivity contribution in [3.8, 4) is 0 Å². The Bertz CT molecular complexity index is 2650. The van der Waals surface area contributed by atoms with Crippen LogP contribution in [-0.2, 0) is 55.7 Å². The lowest BCUT2D eigenvalue weighted by molar-refractivity contribution is -0.317. The fourth-order valence-corrected chi connectivity index (χ4v) is 11.9. The Labute approximate surface area is 493 Å². The van der Waals surface area contributed by atoms with Gasteiger partial charge in [-0.05, 0) is 126 Å². The Morgan fingerprint density at radius 1 is 0.892 bits per heavy atom. The molecule has 0 unspecified atom stereocenters. The molecular weight excluding hydrogens is 1090 g/mol. The van der Waals surface area contributed by atoms with Crippen molar-refractivity contribution in [2.75, 3.05) is 45.4 Å². The smallest absolute Gasteiger partial charge is 0.319 e. The standard InChI is InChI=1S/C61H89ClFN7O13/c1-33(2)50-57(76)65-44(27-39-18-22-42(23-19-39)64-56(75)46(28-40-16-14-15-17-45(40)62)67-59(77)66-43-24-20-41(63)21-25-43)29-48(71)70(12)32-34(3)30-60(8,78)54(83-58-51(72)47(69(10)11)26-35(4)80-58)36(5)52(37(6)55(74)68-50)82-49-31-61(9,79-13)53(73)38(7)81-49/h14-25,33-38,44,46-47,49-54,58,72-73,78H,26-32H2,1-13H3,(H,64,75)(H,65,76)(H,68,74)(H2,66,67,77)/t34-,35-,36+,37-,38+,44-,46+,47+,49+,50+,51-,52+,53+,54-,58+,60-,61-/m1/s1. The highest BCUT2D eigenvalue weighted by Crippen LogP contribution is 2.39. The van der Waals surface area contributed by atoms with Gasteiger partial charge in [-0.15, -0.1) is 0 Å². The molecule has 6 amide bonds. The number of carbonyl (C=O) groups excluding carboxylic acids is 5. The Morgan fingerprint density at radius 2 is 1.53 bits per heavy atom. The Morgan fingerprint density at radius 3 is 2.16 bits per heavy atom. The van der Waals surface area contributed by atoms with Crippen LogP contribution in [0.3, 0.4) is 0 Å². The normalized spacial score (nSPS) is 33.0. The molecule has 0 saturated carbocycles. The predicted molar refractivity (Wildman–Crippen MR) is 313 cm³/mol. The first kappa shape index (κ1) is 66.8. The van der Waals surface area contributed by atoms with Crippen molar-refractivity contribution in [1.29, 1.82) is 0 Å². The van der Waals surface area contributed by atoms with Crippen LogP contribution in [0.1, 0.15) is 99.1 Å². The minimum absolute atomic E-state index is 0.0361. The lowest BCUT2D eigenvalue weighted by Crippen LogP contribution is -2.61. The third-order valence-electron chi connectivity index (χ3n) is 16.5. The highest BCUT2D eigenvalue weighted by Gasteiger charge is 2.51. The van der Waals surface area contributed by atoms with Crippen LogP contribution in [0.25, 0.3) is 0 Å². The Hall–Kier alpha value is -5.33. The van der Waals surface area contributed by atoms with Crippen molar-refractivity contribution in [3.05, 3.63) is 94.8 Å². The first-order valence-electron chi connectivity index (χ1n) is 28.7. The zero-order chi connectivity index (χ0) is 61.2. The highest BCUT2D eigenvalue weighted by molar-refractivity contribution is 6.31. The van der Waals surface area contributed by atoms with Gasteiger partial charge in [0.2, 0.25) is 23.6 Å². The number of ether oxygens (including phenoxy) is 5. The summed E-state index contributed by atoms with van der Waals surface area (Å²) < 4.78 is 45.6. The number of halogens is 2. The topological polar surface area (TPSA) is 259 Å². The molecule has 0 aliphatic carbocycles. The summed E-state index contributed by atoms with van der Waals surface area (Å²) in [6.45, 7) is 16.0. The second-order valence-corrected chi connectivity index (χ2v) is 24.6. The van der Waals surface area contributed by atoms with E-state index in [0.717, 1.165) is 0 Å². The molecule has 20 nitrogen and oxygen atoms in total. The maximum absolute atomic E-state index is 14.9. The van der Waals surface area contributed by atoms with Gasteiger partial charge in [-0.1, -0.05) is 76.6 Å². The maximum Gasteiger partial charge on any atom is 0.319 e. The molecule has 6 rings (SSSR count). The van der Waals surface area contributed by atoms with Gasteiger partial charge in [0.15, 0.2) is 12.6 Å². The van der Waals surface area contributed by atoms with E-state index in [-0.39, 0.29) is 62.6 Å². The van der Waals surface area contributed by atoms with Crippen LogP contribution in [0.15, 0.2) is 72.8 Å². The zero-order valence-electron chi connectivity index (χ0n) is 50.2. The average Bonchev–Trinajstić information content (AvgIpc) is 3.43. The third kappa shape index (κ3) is 17.9. The number of methoxy groups -OCH3 is 1. The molecule has 3 heterocycles. The van der Waals surface area contributed by atoms with E-state index in [1.807, 2.05) is 32.8 Å². The molecule has 22 heteroatoms. The van der Waals surface area contributed by atoms with Gasteiger partial charge in [0.1, 0.15) is 30.1 Å². The molecule has 3 aromatic rings. The molecular formula is C61H89ClFN7O13. The molecule has 3 saturated heterocycles. The summed E-state index contributed by atoms with van der Waals surface area (Å²) in [5.74, 6) is -5.19. The van der Waals surface area contributed by atoms with E-state index in [1.165, 1.54) is 31.4 Å². The van der Waals surface area contributed by atoms with Crippen molar-refractivity contribution in [3.63, 3.8) is 0 Å². The summed E-state index contributed by atoms with van der Waals surface area (Å²) in [5, 5.41) is 50.5. The number of likely N-dealkylation sites (N-methyl/N-ethyl adjacent to an activating group) is 1. The molecule has 460 valence electrons. The first-order valence-corrected chi connectivity index (χ1v) is 29.1. The number of amides is 6. The number of aliphatic hydroxyl groups excluding tert-OH is 2. The molecule has 3 aromatic carbocycles. The van der Waals surface area contributed by atoms with Gasteiger partial charge in [-0.25, -0.2) is 9.18 Å². The Balaban J connectivity index is 1.29. The lowest BCUT2D eigenvalue weighted by atomic mass is 9.77. The Kier molecular flexibility index (Phi) is 23.5. The number of anilines is 2. The number of urea groups is 1. The number of nitrogens with one attached hydrogen (secondary N) is 5. The first-order chi connectivity index (χ1) is 39.0. The van der Waals surface area contributed by atoms with Crippen LogP contribution >= 0.6 is 11.6 Å². The van der Waals surface area contributed by atoms with E-state index in [1.54, 1.807) is 109 Å². The molecule has 0 radical (unpaired) electrons. The van der Waals surface area contributed by atoms with Crippen molar-refractivity contribution < 1.29 is 67.4 Å². The van der Waals surface area contributed by atoms with Gasteiger partial charge in [-0.3, -0.25) is 19.2 Å². The van der Waals surface area contributed by atoms with Crippen LogP contribution in [-0.4, -0.2) is 174 Å². The van der Waals surface area contributed by atoms with E-state index in [4.69, 9.17) is 35.3 Å². The largest absolute Gasteiger partial charge is 0.387 e. The van der Waals surface area contributed by atoms with E-state index < -0.39 is 120 Å². The monoisotopic (exact) mass is 1180 g/mol. The highest BCUT2D eigenvalue weighted by atomic mass is 35.5. The summed E-state index contributed by atoms with van der Waals surface area (Å²) >= 11 is 6.48. The minimum atomic E-state index is -1.72. The third-order valence-corrected chi connectivity index (χ3v) is 16.8. The van der Waals surface area contributed by atoms with Crippen molar-refractivity contribution in [2.45, 2.75) is 185 Å². The fraction of sp³-hybridized carbons (Fsp3) is 0.623. The molecule has 17 atom stereocenters. The molecule has 8 N–H and O–H groups in total. The molecule has 3 fully saturated rings. The van der Waals surface area contributed by atoms with Crippen LogP contribution in [0.5, 0.6) is 0 Å². The summed E-state index contributed by atoms with van der Waals surface area (Å²) in [7, 11) is 6.86. The van der Waals surface area contributed by atoms with Gasteiger partial charge in [0.05, 0.1) is 41.5 Å². The van der Waals surface area contributed by atoms with Crippen molar-refractivity contribution in [1.82, 2.24) is 25.8 Å². The molecule has 0 spiro atoms. The second-order valence-electron chi connectivity index (χ2n) is 24.2. The molecule has 83 heavy (non-hydrogen) atoms.